The van der Waals surface area contributed by atoms with Crippen LogP contribution in [-0.4, -0.2) is 21.3 Å². The Hall–Kier alpha value is -1.19. The summed E-state index contributed by atoms with van der Waals surface area (Å²) >= 11 is 0. The molecule has 0 aromatic carbocycles. The van der Waals surface area contributed by atoms with E-state index >= 15 is 0 Å². The molecule has 4 heteroatoms. The van der Waals surface area contributed by atoms with Gasteiger partial charge in [-0.3, -0.25) is 9.48 Å². The van der Waals surface area contributed by atoms with E-state index in [2.05, 4.69) is 10.3 Å². The quantitative estimate of drug-likeness (QED) is 0.615. The van der Waals surface area contributed by atoms with Gasteiger partial charge in [-0.05, 0) is 25.2 Å². The van der Waals surface area contributed by atoms with Crippen LogP contribution in [0.25, 0.3) is 0 Å². The van der Waals surface area contributed by atoms with Gasteiger partial charge < -0.3 is 0 Å². The van der Waals surface area contributed by atoms with Crippen LogP contribution in [0.1, 0.15) is 29.0 Å². The molecule has 1 aromatic heterocycles. The number of aryl methyl sites for hydroxylation is 1. The van der Waals surface area contributed by atoms with Crippen LogP contribution in [0.15, 0.2) is 0 Å². The molecule has 0 atom stereocenters. The maximum Gasteiger partial charge on any atom is 0.172 e. The summed E-state index contributed by atoms with van der Waals surface area (Å²) in [6.45, 7) is 0. The van der Waals surface area contributed by atoms with Gasteiger partial charge in [0.1, 0.15) is 5.69 Å². The van der Waals surface area contributed by atoms with E-state index in [0.717, 1.165) is 24.3 Å². The molecule has 12 heavy (non-hydrogen) atoms. The number of aromatic nitrogens is 3. The fourth-order valence-corrected chi connectivity index (χ4v) is 1.32. The summed E-state index contributed by atoms with van der Waals surface area (Å²) in [5.74, 6) is 0.765. The summed E-state index contributed by atoms with van der Waals surface area (Å²) in [5, 5.41) is 7.56. The van der Waals surface area contributed by atoms with Crippen molar-refractivity contribution in [3.05, 3.63) is 11.4 Å². The first-order valence-corrected chi connectivity index (χ1v) is 4.15. The zero-order valence-corrected chi connectivity index (χ0v) is 7.03. The molecule has 0 amide bonds. The van der Waals surface area contributed by atoms with Crippen LogP contribution in [-0.2, 0) is 13.5 Å². The van der Waals surface area contributed by atoms with Crippen LogP contribution in [0.3, 0.4) is 0 Å². The maximum atomic E-state index is 10.5. The fourth-order valence-electron chi connectivity index (χ4n) is 1.32. The molecule has 0 aliphatic heterocycles. The summed E-state index contributed by atoms with van der Waals surface area (Å²) in [6.07, 6.45) is 4.30. The highest BCUT2D eigenvalue weighted by atomic mass is 16.1. The molecule has 64 valence electrons. The maximum absolute atomic E-state index is 10.5. The van der Waals surface area contributed by atoms with Gasteiger partial charge in [0.25, 0.3) is 0 Å². The second-order valence-corrected chi connectivity index (χ2v) is 3.31. The van der Waals surface area contributed by atoms with Gasteiger partial charge in [-0.1, -0.05) is 5.21 Å². The Morgan fingerprint density at radius 3 is 3.00 bits per heavy atom. The summed E-state index contributed by atoms with van der Waals surface area (Å²) in [4.78, 5) is 10.5. The van der Waals surface area contributed by atoms with E-state index in [0.29, 0.717) is 5.69 Å². The lowest BCUT2D eigenvalue weighted by Gasteiger charge is -1.97. The first-order chi connectivity index (χ1) is 5.81. The van der Waals surface area contributed by atoms with Crippen molar-refractivity contribution in [3.63, 3.8) is 0 Å². The van der Waals surface area contributed by atoms with E-state index in [1.807, 2.05) is 7.05 Å². The molecule has 0 bridgehead atoms. The molecule has 0 spiro atoms. The van der Waals surface area contributed by atoms with Crippen LogP contribution >= 0.6 is 0 Å². The molecule has 1 aliphatic carbocycles. The standard InChI is InChI=1S/C8H11N3O/c1-11-8(4-6-2-3-6)7(5-12)9-10-11/h5-6H,2-4H2,1H3. The van der Waals surface area contributed by atoms with Crippen LogP contribution in [0.4, 0.5) is 0 Å². The summed E-state index contributed by atoms with van der Waals surface area (Å²) in [6, 6.07) is 0. The van der Waals surface area contributed by atoms with Crippen molar-refractivity contribution < 1.29 is 4.79 Å². The Bertz CT molecular complexity index is 301. The predicted molar refractivity (Wildman–Crippen MR) is 42.8 cm³/mol. The van der Waals surface area contributed by atoms with Crippen molar-refractivity contribution in [3.8, 4) is 0 Å². The Morgan fingerprint density at radius 2 is 2.42 bits per heavy atom. The monoisotopic (exact) mass is 165 g/mol. The first kappa shape index (κ1) is 7.46. The highest BCUT2D eigenvalue weighted by Gasteiger charge is 2.24. The normalized spacial score (nSPS) is 16.4. The third kappa shape index (κ3) is 1.24. The Balaban J connectivity index is 2.24. The Morgan fingerprint density at radius 1 is 1.67 bits per heavy atom. The SMILES string of the molecule is Cn1nnc(C=O)c1CC1CC1. The number of nitrogens with zero attached hydrogens (tertiary/aromatic N) is 3. The minimum atomic E-state index is 0.504. The lowest BCUT2D eigenvalue weighted by atomic mass is 10.2. The molecule has 2 rings (SSSR count). The fraction of sp³-hybridized carbons (Fsp3) is 0.625. The second kappa shape index (κ2) is 2.69. The molecule has 0 N–H and O–H groups in total. The number of hydrogen-bond donors (Lipinski definition) is 0. The second-order valence-electron chi connectivity index (χ2n) is 3.31. The number of carbonyl (C=O) groups is 1. The third-order valence-corrected chi connectivity index (χ3v) is 2.26. The van der Waals surface area contributed by atoms with Crippen LogP contribution < -0.4 is 0 Å². The van der Waals surface area contributed by atoms with Gasteiger partial charge >= 0.3 is 0 Å². The third-order valence-electron chi connectivity index (χ3n) is 2.26. The highest BCUT2D eigenvalue weighted by Crippen LogP contribution is 2.32. The van der Waals surface area contributed by atoms with E-state index in [1.54, 1.807) is 4.68 Å². The minimum Gasteiger partial charge on any atom is -0.296 e. The minimum absolute atomic E-state index is 0.504. The zero-order chi connectivity index (χ0) is 8.55. The van der Waals surface area contributed by atoms with E-state index < -0.39 is 0 Å². The summed E-state index contributed by atoms with van der Waals surface area (Å²) in [5.41, 5.74) is 1.48. The van der Waals surface area contributed by atoms with Crippen molar-refractivity contribution in [2.75, 3.05) is 0 Å². The zero-order valence-electron chi connectivity index (χ0n) is 7.03. The van der Waals surface area contributed by atoms with Crippen LogP contribution in [0, 0.1) is 5.92 Å². The van der Waals surface area contributed by atoms with Crippen molar-refractivity contribution in [1.82, 2.24) is 15.0 Å². The first-order valence-electron chi connectivity index (χ1n) is 4.15. The van der Waals surface area contributed by atoms with Gasteiger partial charge in [-0.2, -0.15) is 0 Å². The van der Waals surface area contributed by atoms with Gasteiger partial charge in [-0.15, -0.1) is 5.10 Å². The number of hydrogen-bond acceptors (Lipinski definition) is 3. The number of rotatable bonds is 3. The van der Waals surface area contributed by atoms with Gasteiger partial charge in [0.2, 0.25) is 0 Å². The van der Waals surface area contributed by atoms with E-state index in [9.17, 15) is 4.79 Å². The molecule has 0 unspecified atom stereocenters. The smallest absolute Gasteiger partial charge is 0.172 e. The number of carbonyl (C=O) groups excluding carboxylic acids is 1. The molecule has 4 nitrogen and oxygen atoms in total. The number of aldehydes is 1. The molecule has 1 fully saturated rings. The van der Waals surface area contributed by atoms with Gasteiger partial charge in [-0.25, -0.2) is 0 Å². The van der Waals surface area contributed by atoms with Gasteiger partial charge in [0.05, 0.1) is 5.69 Å². The van der Waals surface area contributed by atoms with Crippen molar-refractivity contribution in [2.24, 2.45) is 13.0 Å². The average molecular weight is 165 g/mol. The lowest BCUT2D eigenvalue weighted by Crippen LogP contribution is -2.01. The molecule has 1 heterocycles. The lowest BCUT2D eigenvalue weighted by molar-refractivity contribution is 0.111. The molecular weight excluding hydrogens is 154 g/mol. The van der Waals surface area contributed by atoms with Crippen LogP contribution in [0.5, 0.6) is 0 Å². The molecular formula is C8H11N3O. The van der Waals surface area contributed by atoms with E-state index in [4.69, 9.17) is 0 Å². The molecule has 1 saturated carbocycles. The van der Waals surface area contributed by atoms with E-state index in [1.165, 1.54) is 12.8 Å². The Kier molecular flexibility index (Phi) is 1.67. The Labute approximate surface area is 70.6 Å². The molecule has 1 aromatic rings. The topological polar surface area (TPSA) is 47.8 Å². The van der Waals surface area contributed by atoms with Crippen molar-refractivity contribution in [1.29, 1.82) is 0 Å². The van der Waals surface area contributed by atoms with Gasteiger partial charge in [0, 0.05) is 7.05 Å². The molecule has 0 radical (unpaired) electrons. The average Bonchev–Trinajstić information content (AvgIpc) is 2.80. The summed E-state index contributed by atoms with van der Waals surface area (Å²) < 4.78 is 1.70. The largest absolute Gasteiger partial charge is 0.296 e. The van der Waals surface area contributed by atoms with Crippen molar-refractivity contribution in [2.45, 2.75) is 19.3 Å². The molecule has 1 aliphatic rings. The van der Waals surface area contributed by atoms with Gasteiger partial charge in [0.15, 0.2) is 6.29 Å². The predicted octanol–water partition coefficient (Wildman–Crippen LogP) is 0.580. The van der Waals surface area contributed by atoms with Crippen LogP contribution in [0.2, 0.25) is 0 Å². The van der Waals surface area contributed by atoms with E-state index in [-0.39, 0.29) is 0 Å². The van der Waals surface area contributed by atoms with Crippen molar-refractivity contribution >= 4 is 6.29 Å². The molecule has 0 saturated heterocycles. The highest BCUT2D eigenvalue weighted by molar-refractivity contribution is 5.73. The summed E-state index contributed by atoms with van der Waals surface area (Å²) in [7, 11) is 1.83.